The van der Waals surface area contributed by atoms with E-state index in [1.165, 1.54) is 83.7 Å². The first kappa shape index (κ1) is 16.3. The van der Waals surface area contributed by atoms with Crippen molar-refractivity contribution < 1.29 is 0 Å². The average Bonchev–Trinajstić information content (AvgIpc) is 2.69. The van der Waals surface area contributed by atoms with Crippen molar-refractivity contribution in [1.82, 2.24) is 10.2 Å². The Labute approximate surface area is 126 Å². The summed E-state index contributed by atoms with van der Waals surface area (Å²) in [7, 11) is 2.34. The van der Waals surface area contributed by atoms with Crippen molar-refractivity contribution in [3.05, 3.63) is 0 Å². The van der Waals surface area contributed by atoms with Gasteiger partial charge < -0.3 is 10.2 Å². The van der Waals surface area contributed by atoms with E-state index in [0.29, 0.717) is 0 Å². The van der Waals surface area contributed by atoms with E-state index in [4.69, 9.17) is 0 Å². The Morgan fingerprint density at radius 3 is 2.50 bits per heavy atom. The van der Waals surface area contributed by atoms with Crippen LogP contribution in [-0.2, 0) is 0 Å². The van der Waals surface area contributed by atoms with Crippen molar-refractivity contribution in [3.8, 4) is 0 Å². The topological polar surface area (TPSA) is 15.3 Å². The Morgan fingerprint density at radius 2 is 1.70 bits per heavy atom. The van der Waals surface area contributed by atoms with Gasteiger partial charge in [-0.25, -0.2) is 0 Å². The van der Waals surface area contributed by atoms with Gasteiger partial charge in [-0.05, 0) is 64.6 Å². The smallest absolute Gasteiger partial charge is 0.00922 e. The number of nitrogens with zero attached hydrogens (tertiary/aromatic N) is 1. The Balaban J connectivity index is 1.54. The molecular formula is C18H36N2. The number of hydrogen-bond acceptors (Lipinski definition) is 2. The first-order valence-electron chi connectivity index (χ1n) is 9.19. The van der Waals surface area contributed by atoms with Gasteiger partial charge in [-0.15, -0.1) is 0 Å². The van der Waals surface area contributed by atoms with Crippen LogP contribution >= 0.6 is 0 Å². The summed E-state index contributed by atoms with van der Waals surface area (Å²) < 4.78 is 0. The van der Waals surface area contributed by atoms with Crippen LogP contribution in [0.25, 0.3) is 0 Å². The molecule has 2 saturated carbocycles. The number of rotatable bonds is 6. The molecule has 2 fully saturated rings. The minimum atomic E-state index is 0.805. The third-order valence-corrected chi connectivity index (χ3v) is 5.58. The zero-order valence-electron chi connectivity index (χ0n) is 13.9. The van der Waals surface area contributed by atoms with Gasteiger partial charge in [0, 0.05) is 12.1 Å². The third kappa shape index (κ3) is 5.73. The van der Waals surface area contributed by atoms with Gasteiger partial charge in [0.1, 0.15) is 0 Å². The Hall–Kier alpha value is -0.0800. The van der Waals surface area contributed by atoms with E-state index < -0.39 is 0 Å². The summed E-state index contributed by atoms with van der Waals surface area (Å²) >= 11 is 0. The normalized spacial score (nSPS) is 29.6. The maximum atomic E-state index is 3.81. The molecule has 2 aliphatic rings. The summed E-state index contributed by atoms with van der Waals surface area (Å²) in [6.07, 6.45) is 15.7. The van der Waals surface area contributed by atoms with Crippen LogP contribution in [0.1, 0.15) is 77.6 Å². The van der Waals surface area contributed by atoms with Crippen molar-refractivity contribution in [2.75, 3.05) is 20.1 Å². The van der Waals surface area contributed by atoms with Gasteiger partial charge >= 0.3 is 0 Å². The molecular weight excluding hydrogens is 244 g/mol. The number of hydrogen-bond donors (Lipinski definition) is 1. The first-order valence-corrected chi connectivity index (χ1v) is 9.19. The van der Waals surface area contributed by atoms with Crippen LogP contribution < -0.4 is 5.32 Å². The molecule has 0 amide bonds. The van der Waals surface area contributed by atoms with Gasteiger partial charge in [-0.1, -0.05) is 39.0 Å². The maximum Gasteiger partial charge on any atom is 0.00922 e. The van der Waals surface area contributed by atoms with Gasteiger partial charge in [-0.3, -0.25) is 0 Å². The van der Waals surface area contributed by atoms with E-state index in [-0.39, 0.29) is 0 Å². The van der Waals surface area contributed by atoms with Gasteiger partial charge in [0.05, 0.1) is 0 Å². The zero-order valence-corrected chi connectivity index (χ0v) is 13.9. The van der Waals surface area contributed by atoms with Crippen LogP contribution in [0.5, 0.6) is 0 Å². The molecule has 0 radical (unpaired) electrons. The molecule has 1 N–H and O–H groups in total. The fraction of sp³-hybridized carbons (Fsp3) is 1.00. The predicted octanol–water partition coefficient (Wildman–Crippen LogP) is 4.20. The molecule has 2 atom stereocenters. The first-order chi connectivity index (χ1) is 9.75. The minimum absolute atomic E-state index is 0.805. The van der Waals surface area contributed by atoms with Gasteiger partial charge in [0.2, 0.25) is 0 Å². The molecule has 0 bridgehead atoms. The highest BCUT2D eigenvalue weighted by atomic mass is 15.1. The number of nitrogens with one attached hydrogen (secondary N) is 1. The van der Waals surface area contributed by atoms with Crippen molar-refractivity contribution >= 4 is 0 Å². The van der Waals surface area contributed by atoms with E-state index in [2.05, 4.69) is 24.2 Å². The molecule has 2 nitrogen and oxygen atoms in total. The van der Waals surface area contributed by atoms with Crippen LogP contribution in [0.15, 0.2) is 0 Å². The van der Waals surface area contributed by atoms with E-state index in [0.717, 1.165) is 18.0 Å². The molecule has 0 saturated heterocycles. The van der Waals surface area contributed by atoms with Crippen molar-refractivity contribution in [2.45, 2.75) is 89.6 Å². The molecule has 2 unspecified atom stereocenters. The van der Waals surface area contributed by atoms with Crippen LogP contribution in [-0.4, -0.2) is 37.1 Å². The fourth-order valence-electron chi connectivity index (χ4n) is 4.03. The molecule has 0 aromatic carbocycles. The molecule has 0 aromatic heterocycles. The van der Waals surface area contributed by atoms with Crippen molar-refractivity contribution in [3.63, 3.8) is 0 Å². The second-order valence-electron chi connectivity index (χ2n) is 7.39. The van der Waals surface area contributed by atoms with Gasteiger partial charge in [-0.2, -0.15) is 0 Å². The minimum Gasteiger partial charge on any atom is -0.314 e. The largest absolute Gasteiger partial charge is 0.314 e. The van der Waals surface area contributed by atoms with E-state index in [1.807, 2.05) is 0 Å². The Bertz CT molecular complexity index is 244. The highest BCUT2D eigenvalue weighted by Crippen LogP contribution is 2.23. The molecule has 20 heavy (non-hydrogen) atoms. The molecule has 2 heteroatoms. The second-order valence-corrected chi connectivity index (χ2v) is 7.39. The summed E-state index contributed by atoms with van der Waals surface area (Å²) in [5.74, 6) is 0.958. The van der Waals surface area contributed by atoms with Crippen LogP contribution in [0, 0.1) is 5.92 Å². The van der Waals surface area contributed by atoms with Crippen LogP contribution in [0.4, 0.5) is 0 Å². The Kier molecular flexibility index (Phi) is 7.37. The Morgan fingerprint density at radius 1 is 0.900 bits per heavy atom. The van der Waals surface area contributed by atoms with Crippen molar-refractivity contribution in [1.29, 1.82) is 0 Å². The monoisotopic (exact) mass is 280 g/mol. The lowest BCUT2D eigenvalue weighted by molar-refractivity contribution is 0.189. The van der Waals surface area contributed by atoms with Gasteiger partial charge in [0.25, 0.3) is 0 Å². The summed E-state index contributed by atoms with van der Waals surface area (Å²) in [6.45, 7) is 4.92. The molecule has 2 aliphatic carbocycles. The molecule has 0 aliphatic heterocycles. The lowest BCUT2D eigenvalue weighted by Crippen LogP contribution is -2.36. The van der Waals surface area contributed by atoms with E-state index >= 15 is 0 Å². The van der Waals surface area contributed by atoms with Gasteiger partial charge in [0.15, 0.2) is 0 Å². The fourth-order valence-corrected chi connectivity index (χ4v) is 4.03. The van der Waals surface area contributed by atoms with Crippen molar-refractivity contribution in [2.24, 2.45) is 5.92 Å². The third-order valence-electron chi connectivity index (χ3n) is 5.58. The second kappa shape index (κ2) is 9.04. The van der Waals surface area contributed by atoms with Crippen LogP contribution in [0.2, 0.25) is 0 Å². The molecule has 0 heterocycles. The highest BCUT2D eigenvalue weighted by molar-refractivity contribution is 4.75. The molecule has 2 rings (SSSR count). The summed E-state index contributed by atoms with van der Waals surface area (Å²) in [4.78, 5) is 2.62. The standard InChI is InChI=1S/C18H36N2/c1-16-8-6-9-17(13-12-16)19-14-7-15-20(2)18-10-4-3-5-11-18/h16-19H,3-15H2,1-2H3. The maximum absolute atomic E-state index is 3.81. The zero-order chi connectivity index (χ0) is 14.2. The highest BCUT2D eigenvalue weighted by Gasteiger charge is 2.18. The summed E-state index contributed by atoms with van der Waals surface area (Å²) in [5.41, 5.74) is 0. The van der Waals surface area contributed by atoms with Crippen LogP contribution in [0.3, 0.4) is 0 Å². The van der Waals surface area contributed by atoms with E-state index in [1.54, 1.807) is 0 Å². The quantitative estimate of drug-likeness (QED) is 0.579. The summed E-state index contributed by atoms with van der Waals surface area (Å²) in [6, 6.07) is 1.68. The lowest BCUT2D eigenvalue weighted by Gasteiger charge is -2.31. The molecule has 0 aromatic rings. The predicted molar refractivity (Wildman–Crippen MR) is 88.2 cm³/mol. The SMILES string of the molecule is CC1CCCC(NCCCN(C)C2CCCCC2)CC1. The average molecular weight is 280 g/mol. The summed E-state index contributed by atoms with van der Waals surface area (Å²) in [5, 5.41) is 3.81. The molecule has 0 spiro atoms. The van der Waals surface area contributed by atoms with E-state index in [9.17, 15) is 0 Å². The lowest BCUT2D eigenvalue weighted by atomic mass is 9.94. The molecule has 118 valence electrons.